The van der Waals surface area contributed by atoms with E-state index in [0.717, 1.165) is 12.8 Å². The van der Waals surface area contributed by atoms with E-state index < -0.39 is 5.97 Å². The molecular formula is C10H14O2. The quantitative estimate of drug-likeness (QED) is 0.605. The minimum absolute atomic E-state index is 0.0949. The van der Waals surface area contributed by atoms with Crippen LogP contribution < -0.4 is 0 Å². The van der Waals surface area contributed by atoms with Gasteiger partial charge in [0.2, 0.25) is 0 Å². The topological polar surface area (TPSA) is 37.3 Å². The van der Waals surface area contributed by atoms with Crippen LogP contribution >= 0.6 is 0 Å². The van der Waals surface area contributed by atoms with Gasteiger partial charge in [-0.25, -0.2) is 0 Å². The third-order valence-corrected chi connectivity index (χ3v) is 3.23. The number of carbonyl (C=O) groups is 1. The summed E-state index contributed by atoms with van der Waals surface area (Å²) in [4.78, 5) is 10.9. The van der Waals surface area contributed by atoms with Crippen molar-refractivity contribution >= 4 is 5.97 Å². The van der Waals surface area contributed by atoms with Gasteiger partial charge in [-0.2, -0.15) is 0 Å². The molecule has 0 spiro atoms. The first-order valence-corrected chi connectivity index (χ1v) is 4.68. The summed E-state index contributed by atoms with van der Waals surface area (Å²) in [7, 11) is 0. The van der Waals surface area contributed by atoms with Crippen molar-refractivity contribution in [2.24, 2.45) is 17.8 Å². The minimum Gasteiger partial charge on any atom is -0.481 e. The van der Waals surface area contributed by atoms with E-state index in [2.05, 4.69) is 6.08 Å². The fraction of sp³-hybridized carbons (Fsp3) is 0.700. The smallest absolute Gasteiger partial charge is 0.307 e. The minimum atomic E-state index is -0.601. The van der Waals surface area contributed by atoms with Gasteiger partial charge < -0.3 is 5.11 Å². The molecule has 2 heteroatoms. The predicted molar refractivity (Wildman–Crippen MR) is 45.7 cm³/mol. The zero-order valence-corrected chi connectivity index (χ0v) is 7.07. The second kappa shape index (κ2) is 2.92. The molecule has 66 valence electrons. The highest BCUT2D eigenvalue weighted by Crippen LogP contribution is 2.42. The summed E-state index contributed by atoms with van der Waals surface area (Å²) in [5, 5.41) is 8.95. The molecule has 1 saturated carbocycles. The molecule has 0 bridgehead atoms. The number of hydrogen-bond acceptors (Lipinski definition) is 1. The van der Waals surface area contributed by atoms with Crippen LogP contribution in [0.1, 0.15) is 25.7 Å². The van der Waals surface area contributed by atoms with Crippen LogP contribution in [0.15, 0.2) is 12.2 Å². The zero-order chi connectivity index (χ0) is 8.55. The zero-order valence-electron chi connectivity index (χ0n) is 7.07. The lowest BCUT2D eigenvalue weighted by Crippen LogP contribution is -2.27. The van der Waals surface area contributed by atoms with E-state index in [1.54, 1.807) is 0 Å². The fourth-order valence-electron chi connectivity index (χ4n) is 2.61. The molecule has 0 aromatic rings. The summed E-state index contributed by atoms with van der Waals surface area (Å²) in [6.07, 6.45) is 8.54. The van der Waals surface area contributed by atoms with Gasteiger partial charge in [0.15, 0.2) is 0 Å². The molecule has 0 aliphatic heterocycles. The summed E-state index contributed by atoms with van der Waals surface area (Å²) in [6.45, 7) is 0. The fourth-order valence-corrected chi connectivity index (χ4v) is 2.61. The highest BCUT2D eigenvalue weighted by atomic mass is 16.4. The lowest BCUT2D eigenvalue weighted by Gasteiger charge is -2.26. The van der Waals surface area contributed by atoms with Crippen molar-refractivity contribution in [2.45, 2.75) is 25.7 Å². The monoisotopic (exact) mass is 166 g/mol. The Morgan fingerprint density at radius 1 is 1.42 bits per heavy atom. The Labute approximate surface area is 72.3 Å². The molecule has 0 radical (unpaired) electrons. The second-order valence-electron chi connectivity index (χ2n) is 3.87. The molecule has 1 fully saturated rings. The van der Waals surface area contributed by atoms with Crippen molar-refractivity contribution in [1.29, 1.82) is 0 Å². The van der Waals surface area contributed by atoms with Crippen molar-refractivity contribution in [3.63, 3.8) is 0 Å². The first-order valence-electron chi connectivity index (χ1n) is 4.68. The molecule has 2 nitrogen and oxygen atoms in total. The van der Waals surface area contributed by atoms with Crippen molar-refractivity contribution in [3.05, 3.63) is 12.2 Å². The van der Waals surface area contributed by atoms with E-state index in [1.165, 1.54) is 12.8 Å². The van der Waals surface area contributed by atoms with E-state index in [0.29, 0.717) is 11.8 Å². The number of aliphatic carboxylic acids is 1. The maximum Gasteiger partial charge on any atom is 0.307 e. The summed E-state index contributed by atoms with van der Waals surface area (Å²) in [6, 6.07) is 0. The molecule has 1 N–H and O–H groups in total. The van der Waals surface area contributed by atoms with Gasteiger partial charge in [0, 0.05) is 0 Å². The first kappa shape index (κ1) is 7.84. The highest BCUT2D eigenvalue weighted by Gasteiger charge is 2.37. The van der Waals surface area contributed by atoms with Crippen LogP contribution in [-0.2, 0) is 4.79 Å². The normalized spacial score (nSPS) is 39.5. The van der Waals surface area contributed by atoms with E-state index in [-0.39, 0.29) is 5.92 Å². The maximum absolute atomic E-state index is 10.9. The Morgan fingerprint density at radius 2 is 2.25 bits per heavy atom. The Balaban J connectivity index is 2.16. The second-order valence-corrected chi connectivity index (χ2v) is 3.87. The molecule has 2 aliphatic carbocycles. The van der Waals surface area contributed by atoms with Gasteiger partial charge in [0.1, 0.15) is 0 Å². The van der Waals surface area contributed by atoms with Gasteiger partial charge in [-0.3, -0.25) is 4.79 Å². The molecule has 2 aliphatic rings. The Kier molecular flexibility index (Phi) is 1.91. The first-order chi connectivity index (χ1) is 5.79. The number of hydrogen-bond donors (Lipinski definition) is 1. The van der Waals surface area contributed by atoms with Crippen LogP contribution in [-0.4, -0.2) is 11.1 Å². The van der Waals surface area contributed by atoms with Gasteiger partial charge in [0.05, 0.1) is 5.92 Å². The average Bonchev–Trinajstić information content (AvgIpc) is 2.49. The lowest BCUT2D eigenvalue weighted by atomic mass is 9.78. The van der Waals surface area contributed by atoms with Gasteiger partial charge >= 0.3 is 5.97 Å². The molecule has 2 rings (SSSR count). The van der Waals surface area contributed by atoms with Crippen molar-refractivity contribution in [3.8, 4) is 0 Å². The lowest BCUT2D eigenvalue weighted by molar-refractivity contribution is -0.144. The van der Waals surface area contributed by atoms with Crippen molar-refractivity contribution < 1.29 is 9.90 Å². The van der Waals surface area contributed by atoms with Gasteiger partial charge in [-0.15, -0.1) is 0 Å². The van der Waals surface area contributed by atoms with E-state index in [9.17, 15) is 4.79 Å². The van der Waals surface area contributed by atoms with Crippen molar-refractivity contribution in [2.75, 3.05) is 0 Å². The Bertz CT molecular complexity index is 220. The molecule has 12 heavy (non-hydrogen) atoms. The third kappa shape index (κ3) is 1.15. The molecule has 0 amide bonds. The standard InChI is InChI=1S/C10H14O2/c11-10(12)9-6-2-4-7-3-1-5-8(7)9/h2,4,7-9H,1,3,5-6H2,(H,11,12)/t7-,8+,9-/m1/s1. The Hall–Kier alpha value is -0.790. The van der Waals surface area contributed by atoms with Crippen LogP contribution in [0.4, 0.5) is 0 Å². The summed E-state index contributed by atoms with van der Waals surface area (Å²) in [5.41, 5.74) is 0. The maximum atomic E-state index is 10.9. The molecule has 0 saturated heterocycles. The number of rotatable bonds is 1. The number of carboxylic acid groups (broad SMARTS) is 1. The molecule has 0 aromatic carbocycles. The number of carboxylic acids is 1. The molecule has 0 unspecified atom stereocenters. The summed E-state index contributed by atoms with van der Waals surface area (Å²) < 4.78 is 0. The van der Waals surface area contributed by atoms with Crippen molar-refractivity contribution in [1.82, 2.24) is 0 Å². The summed E-state index contributed by atoms with van der Waals surface area (Å²) >= 11 is 0. The third-order valence-electron chi connectivity index (χ3n) is 3.23. The SMILES string of the molecule is O=C(O)[C@@H]1CC=C[C@H]2CCC[C@@H]21. The number of allylic oxidation sites excluding steroid dienone is 2. The summed E-state index contributed by atoms with van der Waals surface area (Å²) in [5.74, 6) is 0.311. The van der Waals surface area contributed by atoms with Crippen LogP contribution in [0.5, 0.6) is 0 Å². The Morgan fingerprint density at radius 3 is 3.00 bits per heavy atom. The number of fused-ring (bicyclic) bond motifs is 1. The van der Waals surface area contributed by atoms with E-state index in [1.807, 2.05) is 6.08 Å². The van der Waals surface area contributed by atoms with Crippen LogP contribution in [0.25, 0.3) is 0 Å². The van der Waals surface area contributed by atoms with Crippen LogP contribution in [0.2, 0.25) is 0 Å². The highest BCUT2D eigenvalue weighted by molar-refractivity contribution is 5.71. The van der Waals surface area contributed by atoms with E-state index >= 15 is 0 Å². The molecule has 0 heterocycles. The van der Waals surface area contributed by atoms with Gasteiger partial charge in [0.25, 0.3) is 0 Å². The largest absolute Gasteiger partial charge is 0.481 e. The van der Waals surface area contributed by atoms with Crippen LogP contribution in [0.3, 0.4) is 0 Å². The van der Waals surface area contributed by atoms with Crippen LogP contribution in [0, 0.1) is 17.8 Å². The van der Waals surface area contributed by atoms with E-state index in [4.69, 9.17) is 5.11 Å². The predicted octanol–water partition coefficient (Wildman–Crippen LogP) is 2.06. The average molecular weight is 166 g/mol. The molecule has 0 aromatic heterocycles. The molecule has 3 atom stereocenters. The molecular weight excluding hydrogens is 152 g/mol. The van der Waals surface area contributed by atoms with Gasteiger partial charge in [-0.1, -0.05) is 18.6 Å². The van der Waals surface area contributed by atoms with Gasteiger partial charge in [-0.05, 0) is 31.1 Å².